The first kappa shape index (κ1) is 18.4. The largest absolute Gasteiger partial charge is 0.493 e. The van der Waals surface area contributed by atoms with Crippen molar-refractivity contribution >= 4 is 29.3 Å². The molecule has 0 aromatic heterocycles. The molecule has 138 valence electrons. The number of anilines is 1. The summed E-state index contributed by atoms with van der Waals surface area (Å²) in [6.45, 7) is 0.0765. The molecule has 0 saturated carbocycles. The molecule has 7 nitrogen and oxygen atoms in total. The Morgan fingerprint density at radius 2 is 2.00 bits per heavy atom. The molecule has 1 amide bonds. The lowest BCUT2D eigenvalue weighted by molar-refractivity contribution is -0.112. The fraction of sp³-hybridized carbons (Fsp3) is 0.158. The van der Waals surface area contributed by atoms with Gasteiger partial charge in [-0.25, -0.2) is 0 Å². The van der Waals surface area contributed by atoms with Crippen LogP contribution in [0, 0.1) is 11.3 Å². The lowest BCUT2D eigenvalue weighted by Crippen LogP contribution is -2.13. The minimum Gasteiger partial charge on any atom is -0.493 e. The Labute approximate surface area is 160 Å². The van der Waals surface area contributed by atoms with Gasteiger partial charge < -0.3 is 24.3 Å². The Hall–Kier alpha value is -3.37. The van der Waals surface area contributed by atoms with Gasteiger partial charge in [-0.15, -0.1) is 0 Å². The molecule has 0 aliphatic carbocycles. The quantitative estimate of drug-likeness (QED) is 0.623. The molecule has 0 bridgehead atoms. The molecular weight excluding hydrogens is 372 g/mol. The van der Waals surface area contributed by atoms with Crippen LogP contribution in [0.1, 0.15) is 5.56 Å². The maximum atomic E-state index is 12.5. The summed E-state index contributed by atoms with van der Waals surface area (Å²) in [5.41, 5.74) is 0.908. The Morgan fingerprint density at radius 1 is 1.22 bits per heavy atom. The number of nitrogens with one attached hydrogen (secondary N) is 1. The van der Waals surface area contributed by atoms with E-state index in [0.717, 1.165) is 0 Å². The van der Waals surface area contributed by atoms with E-state index in [1.54, 1.807) is 30.3 Å². The summed E-state index contributed by atoms with van der Waals surface area (Å²) in [6.07, 6.45) is 1.42. The molecule has 3 rings (SSSR count). The second-order valence-electron chi connectivity index (χ2n) is 5.43. The van der Waals surface area contributed by atoms with Crippen molar-refractivity contribution in [2.75, 3.05) is 26.3 Å². The Balaban J connectivity index is 1.84. The molecule has 2 aromatic carbocycles. The Bertz CT molecular complexity index is 965. The molecule has 1 aliphatic heterocycles. The van der Waals surface area contributed by atoms with Crippen LogP contribution in [0.4, 0.5) is 5.69 Å². The number of halogens is 1. The summed E-state index contributed by atoms with van der Waals surface area (Å²) in [6, 6.07) is 10.0. The summed E-state index contributed by atoms with van der Waals surface area (Å²) in [4.78, 5) is 12.5. The molecule has 8 heteroatoms. The van der Waals surface area contributed by atoms with Crippen LogP contribution in [0.3, 0.4) is 0 Å². The third kappa shape index (κ3) is 3.91. The van der Waals surface area contributed by atoms with Gasteiger partial charge >= 0.3 is 0 Å². The number of carbonyl (C=O) groups is 1. The highest BCUT2D eigenvalue weighted by molar-refractivity contribution is 6.32. The average molecular weight is 387 g/mol. The van der Waals surface area contributed by atoms with Crippen molar-refractivity contribution in [2.24, 2.45) is 0 Å². The molecule has 2 aromatic rings. The standard InChI is InChI=1S/C19H15ClN2O5/c1-24-15-4-3-13(8-16(15)25-2)22-19(23)12(9-21)5-11-6-14(20)18-17(7-11)26-10-27-18/h3-8H,10H2,1-2H3,(H,22,23)/b12-5+. The third-order valence-corrected chi connectivity index (χ3v) is 4.05. The Kier molecular flexibility index (Phi) is 5.38. The van der Waals surface area contributed by atoms with Crippen LogP contribution in [0.5, 0.6) is 23.0 Å². The van der Waals surface area contributed by atoms with Crippen molar-refractivity contribution in [1.82, 2.24) is 0 Å². The highest BCUT2D eigenvalue weighted by atomic mass is 35.5. The minimum absolute atomic E-state index is 0.0765. The number of amides is 1. The van der Waals surface area contributed by atoms with Crippen LogP contribution >= 0.6 is 11.6 Å². The van der Waals surface area contributed by atoms with E-state index in [1.165, 1.54) is 20.3 Å². The van der Waals surface area contributed by atoms with Crippen LogP contribution in [-0.2, 0) is 4.79 Å². The summed E-state index contributed by atoms with van der Waals surface area (Å²) in [5.74, 6) is 1.33. The molecule has 1 N–H and O–H groups in total. The number of nitrogens with zero attached hydrogens (tertiary/aromatic N) is 1. The predicted molar refractivity (Wildman–Crippen MR) is 99.3 cm³/mol. The van der Waals surface area contributed by atoms with E-state index in [1.807, 2.05) is 6.07 Å². The summed E-state index contributed by atoms with van der Waals surface area (Å²) in [7, 11) is 3.01. The van der Waals surface area contributed by atoms with E-state index in [-0.39, 0.29) is 12.4 Å². The van der Waals surface area contributed by atoms with Gasteiger partial charge in [0.15, 0.2) is 23.0 Å². The van der Waals surface area contributed by atoms with Crippen molar-refractivity contribution in [3.8, 4) is 29.1 Å². The first-order valence-electron chi connectivity index (χ1n) is 7.80. The average Bonchev–Trinajstić information content (AvgIpc) is 3.15. The smallest absolute Gasteiger partial charge is 0.266 e. The number of nitriles is 1. The molecule has 0 fully saturated rings. The van der Waals surface area contributed by atoms with Crippen molar-refractivity contribution in [3.05, 3.63) is 46.5 Å². The fourth-order valence-electron chi connectivity index (χ4n) is 2.50. The fourth-order valence-corrected chi connectivity index (χ4v) is 2.77. The summed E-state index contributed by atoms with van der Waals surface area (Å²) < 4.78 is 20.9. The molecule has 0 radical (unpaired) electrons. The number of benzene rings is 2. The highest BCUT2D eigenvalue weighted by Crippen LogP contribution is 2.40. The van der Waals surface area contributed by atoms with Crippen LogP contribution in [0.25, 0.3) is 6.08 Å². The van der Waals surface area contributed by atoms with Gasteiger partial charge in [0.1, 0.15) is 11.6 Å². The molecule has 0 atom stereocenters. The van der Waals surface area contributed by atoms with E-state index in [2.05, 4.69) is 5.32 Å². The van der Waals surface area contributed by atoms with Crippen LogP contribution in [-0.4, -0.2) is 26.9 Å². The van der Waals surface area contributed by atoms with Gasteiger partial charge in [0.2, 0.25) is 6.79 Å². The number of rotatable bonds is 5. The first-order valence-corrected chi connectivity index (χ1v) is 8.18. The maximum Gasteiger partial charge on any atom is 0.266 e. The molecular formula is C19H15ClN2O5. The first-order chi connectivity index (χ1) is 13.0. The number of hydrogen-bond acceptors (Lipinski definition) is 6. The normalized spacial score (nSPS) is 12.3. The van der Waals surface area contributed by atoms with Gasteiger partial charge in [0.25, 0.3) is 5.91 Å². The SMILES string of the molecule is COc1ccc(NC(=O)/C(C#N)=C/c2cc(Cl)c3c(c2)OCO3)cc1OC. The van der Waals surface area contributed by atoms with Gasteiger partial charge in [-0.1, -0.05) is 11.6 Å². The third-order valence-electron chi connectivity index (χ3n) is 3.77. The number of fused-ring (bicyclic) bond motifs is 1. The molecule has 0 unspecified atom stereocenters. The number of carbonyl (C=O) groups excluding carboxylic acids is 1. The van der Waals surface area contributed by atoms with Gasteiger partial charge in [-0.3, -0.25) is 4.79 Å². The lowest BCUT2D eigenvalue weighted by atomic mass is 10.1. The molecule has 0 saturated heterocycles. The molecule has 0 spiro atoms. The molecule has 1 heterocycles. The van der Waals surface area contributed by atoms with Crippen molar-refractivity contribution < 1.29 is 23.7 Å². The van der Waals surface area contributed by atoms with Crippen LogP contribution in [0.2, 0.25) is 5.02 Å². The monoisotopic (exact) mass is 386 g/mol. The van der Waals surface area contributed by atoms with Gasteiger partial charge in [-0.2, -0.15) is 5.26 Å². The molecule has 27 heavy (non-hydrogen) atoms. The second kappa shape index (κ2) is 7.89. The number of hydrogen-bond donors (Lipinski definition) is 1. The molecule has 1 aliphatic rings. The maximum absolute atomic E-state index is 12.5. The van der Waals surface area contributed by atoms with Crippen LogP contribution < -0.4 is 24.3 Å². The van der Waals surface area contributed by atoms with Crippen molar-refractivity contribution in [2.45, 2.75) is 0 Å². The van der Waals surface area contributed by atoms with Gasteiger partial charge in [0.05, 0.1) is 19.2 Å². The lowest BCUT2D eigenvalue weighted by Gasteiger charge is -2.10. The minimum atomic E-state index is -0.571. The van der Waals surface area contributed by atoms with Crippen LogP contribution in [0.15, 0.2) is 35.9 Å². The number of ether oxygens (including phenoxy) is 4. The zero-order chi connectivity index (χ0) is 19.4. The highest BCUT2D eigenvalue weighted by Gasteiger charge is 2.19. The van der Waals surface area contributed by atoms with E-state index in [9.17, 15) is 10.1 Å². The van der Waals surface area contributed by atoms with Crippen molar-refractivity contribution in [3.63, 3.8) is 0 Å². The van der Waals surface area contributed by atoms with E-state index in [4.69, 9.17) is 30.5 Å². The second-order valence-corrected chi connectivity index (χ2v) is 5.84. The van der Waals surface area contributed by atoms with E-state index in [0.29, 0.717) is 39.3 Å². The van der Waals surface area contributed by atoms with Gasteiger partial charge in [0, 0.05) is 11.8 Å². The van der Waals surface area contributed by atoms with Gasteiger partial charge in [-0.05, 0) is 35.9 Å². The zero-order valence-electron chi connectivity index (χ0n) is 14.5. The summed E-state index contributed by atoms with van der Waals surface area (Å²) >= 11 is 6.13. The zero-order valence-corrected chi connectivity index (χ0v) is 15.3. The van der Waals surface area contributed by atoms with E-state index < -0.39 is 5.91 Å². The van der Waals surface area contributed by atoms with E-state index >= 15 is 0 Å². The summed E-state index contributed by atoms with van der Waals surface area (Å²) in [5, 5.41) is 12.4. The Morgan fingerprint density at radius 3 is 2.70 bits per heavy atom. The topological polar surface area (TPSA) is 89.8 Å². The number of methoxy groups -OCH3 is 2. The van der Waals surface area contributed by atoms with Crippen molar-refractivity contribution in [1.29, 1.82) is 5.26 Å². The predicted octanol–water partition coefficient (Wildman–Crippen LogP) is 3.63.